The summed E-state index contributed by atoms with van der Waals surface area (Å²) in [5.74, 6) is -0.339. The van der Waals surface area contributed by atoms with Crippen molar-refractivity contribution in [2.75, 3.05) is 0 Å². The Bertz CT molecular complexity index is 1070. The number of nitrogens with one attached hydrogen (secondary N) is 1. The first-order valence-electron chi connectivity index (χ1n) is 8.05. The first kappa shape index (κ1) is 15.8. The second-order valence-corrected chi connectivity index (χ2v) is 5.76. The van der Waals surface area contributed by atoms with Gasteiger partial charge in [0.05, 0.1) is 16.6 Å². The second kappa shape index (κ2) is 6.68. The van der Waals surface area contributed by atoms with Crippen molar-refractivity contribution in [3.05, 3.63) is 78.2 Å². The van der Waals surface area contributed by atoms with Crippen molar-refractivity contribution in [1.29, 1.82) is 0 Å². The Kier molecular flexibility index (Phi) is 4.07. The minimum Gasteiger partial charge on any atom is -0.489 e. The first-order valence-corrected chi connectivity index (χ1v) is 8.05. The van der Waals surface area contributed by atoms with Gasteiger partial charge in [0.25, 0.3) is 0 Å². The molecule has 2 aromatic heterocycles. The van der Waals surface area contributed by atoms with Crippen LogP contribution in [0.2, 0.25) is 0 Å². The van der Waals surface area contributed by atoms with Gasteiger partial charge >= 0.3 is 5.97 Å². The Labute approximate surface area is 149 Å². The van der Waals surface area contributed by atoms with Crippen molar-refractivity contribution >= 4 is 17.0 Å². The third-order valence-electron chi connectivity index (χ3n) is 4.06. The van der Waals surface area contributed by atoms with Gasteiger partial charge in [-0.2, -0.15) is 0 Å². The zero-order valence-electron chi connectivity index (χ0n) is 13.7. The lowest BCUT2D eigenvalue weighted by Crippen LogP contribution is -1.98. The first-order chi connectivity index (χ1) is 12.7. The Hall–Kier alpha value is -3.67. The number of fused-ring (bicyclic) bond motifs is 1. The van der Waals surface area contributed by atoms with E-state index in [1.165, 1.54) is 12.5 Å². The van der Waals surface area contributed by atoms with Crippen molar-refractivity contribution in [2.45, 2.75) is 6.61 Å². The number of carbonyl (C=O) groups is 1. The highest BCUT2D eigenvalue weighted by Gasteiger charge is 2.17. The van der Waals surface area contributed by atoms with E-state index >= 15 is 0 Å². The van der Waals surface area contributed by atoms with E-state index in [4.69, 9.17) is 4.74 Å². The van der Waals surface area contributed by atoms with E-state index < -0.39 is 5.97 Å². The van der Waals surface area contributed by atoms with Crippen LogP contribution >= 0.6 is 0 Å². The second-order valence-electron chi connectivity index (χ2n) is 5.76. The average Bonchev–Trinajstić information content (AvgIpc) is 3.12. The average molecular weight is 345 g/mol. The van der Waals surface area contributed by atoms with Crippen LogP contribution in [0.4, 0.5) is 0 Å². The molecule has 4 aromatic rings. The fraction of sp³-hybridized carbons (Fsp3) is 0.0500. The highest BCUT2D eigenvalue weighted by Crippen LogP contribution is 2.30. The van der Waals surface area contributed by atoms with E-state index in [0.717, 1.165) is 11.1 Å². The molecule has 2 heterocycles. The predicted molar refractivity (Wildman–Crippen MR) is 97.1 cm³/mol. The van der Waals surface area contributed by atoms with Crippen LogP contribution in [-0.4, -0.2) is 26.0 Å². The standard InChI is InChI=1S/C20H15N3O3/c24-20(25)16-10-21-19-17(16)18(22-12-23-19)14-7-4-8-15(9-14)26-11-13-5-2-1-3-6-13/h1-10,12H,11H2,(H,24,25)(H,21,22,23). The maximum absolute atomic E-state index is 11.5. The third-order valence-corrected chi connectivity index (χ3v) is 4.06. The van der Waals surface area contributed by atoms with Crippen LogP contribution in [0.15, 0.2) is 67.1 Å². The number of benzene rings is 2. The van der Waals surface area contributed by atoms with Gasteiger partial charge < -0.3 is 14.8 Å². The fourth-order valence-corrected chi connectivity index (χ4v) is 2.82. The lowest BCUT2D eigenvalue weighted by Gasteiger charge is -2.09. The molecule has 128 valence electrons. The van der Waals surface area contributed by atoms with Crippen LogP contribution in [0.5, 0.6) is 5.75 Å². The van der Waals surface area contributed by atoms with Gasteiger partial charge in [-0.1, -0.05) is 42.5 Å². The van der Waals surface area contributed by atoms with Crippen LogP contribution < -0.4 is 4.74 Å². The van der Waals surface area contributed by atoms with E-state index in [0.29, 0.717) is 29.1 Å². The van der Waals surface area contributed by atoms with Gasteiger partial charge in [0.1, 0.15) is 24.3 Å². The molecule has 6 heteroatoms. The zero-order valence-corrected chi connectivity index (χ0v) is 13.7. The number of H-pyrrole nitrogens is 1. The van der Waals surface area contributed by atoms with Gasteiger partial charge in [0, 0.05) is 11.8 Å². The summed E-state index contributed by atoms with van der Waals surface area (Å²) in [6, 6.07) is 17.3. The van der Waals surface area contributed by atoms with E-state index in [1.807, 2.05) is 54.6 Å². The Morgan fingerprint density at radius 3 is 2.73 bits per heavy atom. The number of hydrogen-bond acceptors (Lipinski definition) is 4. The van der Waals surface area contributed by atoms with E-state index in [1.54, 1.807) is 0 Å². The van der Waals surface area contributed by atoms with Crippen LogP contribution in [0, 0.1) is 0 Å². The predicted octanol–water partition coefficient (Wildman–Crippen LogP) is 3.90. The molecule has 0 radical (unpaired) electrons. The smallest absolute Gasteiger partial charge is 0.338 e. The fourth-order valence-electron chi connectivity index (χ4n) is 2.82. The van der Waals surface area contributed by atoms with Crippen molar-refractivity contribution in [3.8, 4) is 17.0 Å². The molecule has 0 aliphatic carbocycles. The molecule has 26 heavy (non-hydrogen) atoms. The Balaban J connectivity index is 1.70. The lowest BCUT2D eigenvalue weighted by molar-refractivity contribution is 0.0699. The highest BCUT2D eigenvalue weighted by molar-refractivity contribution is 6.07. The highest BCUT2D eigenvalue weighted by atomic mass is 16.5. The maximum atomic E-state index is 11.5. The molecular formula is C20H15N3O3. The molecule has 6 nitrogen and oxygen atoms in total. The van der Waals surface area contributed by atoms with Gasteiger partial charge in [-0.15, -0.1) is 0 Å². The third kappa shape index (κ3) is 3.00. The lowest BCUT2D eigenvalue weighted by atomic mass is 10.1. The minimum absolute atomic E-state index is 0.145. The van der Waals surface area contributed by atoms with Gasteiger partial charge in [0.2, 0.25) is 0 Å². The van der Waals surface area contributed by atoms with Crippen molar-refractivity contribution < 1.29 is 14.6 Å². The maximum Gasteiger partial charge on any atom is 0.338 e. The number of aromatic carboxylic acids is 1. The van der Waals surface area contributed by atoms with Crippen LogP contribution in [0.3, 0.4) is 0 Å². The summed E-state index contributed by atoms with van der Waals surface area (Å²) in [6.07, 6.45) is 2.85. The number of hydrogen-bond donors (Lipinski definition) is 2. The number of carboxylic acids is 1. The van der Waals surface area contributed by atoms with E-state index in [9.17, 15) is 9.90 Å². The van der Waals surface area contributed by atoms with E-state index in [2.05, 4.69) is 15.0 Å². The van der Waals surface area contributed by atoms with Gasteiger partial charge in [-0.05, 0) is 17.7 Å². The molecule has 2 N–H and O–H groups in total. The molecule has 0 atom stereocenters. The summed E-state index contributed by atoms with van der Waals surface area (Å²) in [4.78, 5) is 22.8. The monoisotopic (exact) mass is 345 g/mol. The Morgan fingerprint density at radius 1 is 1.08 bits per heavy atom. The topological polar surface area (TPSA) is 88.1 Å². The molecule has 0 fully saturated rings. The summed E-state index contributed by atoms with van der Waals surface area (Å²) in [7, 11) is 0. The molecule has 0 saturated carbocycles. The number of carboxylic acid groups (broad SMARTS) is 1. The zero-order chi connectivity index (χ0) is 17.9. The van der Waals surface area contributed by atoms with Crippen LogP contribution in [0.25, 0.3) is 22.3 Å². The largest absolute Gasteiger partial charge is 0.489 e. The molecule has 0 bridgehead atoms. The number of aromatic nitrogens is 3. The van der Waals surface area contributed by atoms with E-state index in [-0.39, 0.29) is 5.56 Å². The SMILES string of the molecule is O=C(O)c1c[nH]c2ncnc(-c3cccc(OCc4ccccc4)c3)c12. The van der Waals surface area contributed by atoms with Crippen LogP contribution in [-0.2, 0) is 6.61 Å². The van der Waals surface area contributed by atoms with Crippen LogP contribution in [0.1, 0.15) is 15.9 Å². The molecule has 2 aromatic carbocycles. The summed E-state index contributed by atoms with van der Waals surface area (Å²) >= 11 is 0. The molecule has 0 aliphatic rings. The summed E-state index contributed by atoms with van der Waals surface area (Å²) in [5, 5.41) is 9.89. The number of aromatic amines is 1. The summed E-state index contributed by atoms with van der Waals surface area (Å²) < 4.78 is 5.86. The summed E-state index contributed by atoms with van der Waals surface area (Å²) in [6.45, 7) is 0.452. The van der Waals surface area contributed by atoms with Gasteiger partial charge in [-0.3, -0.25) is 0 Å². The molecule has 0 unspecified atom stereocenters. The molecule has 0 saturated heterocycles. The minimum atomic E-state index is -1.02. The summed E-state index contributed by atoms with van der Waals surface area (Å²) in [5.41, 5.74) is 3.03. The molecule has 0 amide bonds. The molecule has 0 aliphatic heterocycles. The molecular weight excluding hydrogens is 330 g/mol. The van der Waals surface area contributed by atoms with Crippen molar-refractivity contribution in [2.24, 2.45) is 0 Å². The van der Waals surface area contributed by atoms with Gasteiger partial charge in [-0.25, -0.2) is 14.8 Å². The molecule has 0 spiro atoms. The van der Waals surface area contributed by atoms with Gasteiger partial charge in [0.15, 0.2) is 0 Å². The number of rotatable bonds is 5. The van der Waals surface area contributed by atoms with Crippen molar-refractivity contribution in [1.82, 2.24) is 15.0 Å². The quantitative estimate of drug-likeness (QED) is 0.573. The number of nitrogens with zero attached hydrogens (tertiary/aromatic N) is 2. The Morgan fingerprint density at radius 2 is 1.92 bits per heavy atom. The molecule has 4 rings (SSSR count). The number of ether oxygens (including phenoxy) is 1. The normalized spacial score (nSPS) is 10.8. The van der Waals surface area contributed by atoms with Crippen molar-refractivity contribution in [3.63, 3.8) is 0 Å².